The number of nitriles is 1. The number of fused-ring (bicyclic) bond motifs is 2. The Kier molecular flexibility index (Phi) is 4.60. The summed E-state index contributed by atoms with van der Waals surface area (Å²) in [7, 11) is 0. The van der Waals surface area contributed by atoms with E-state index in [1.54, 1.807) is 34.1 Å². The van der Waals surface area contributed by atoms with E-state index in [4.69, 9.17) is 4.42 Å². The van der Waals surface area contributed by atoms with Gasteiger partial charge in [0.25, 0.3) is 11.8 Å². The van der Waals surface area contributed by atoms with E-state index in [0.29, 0.717) is 24.4 Å². The predicted molar refractivity (Wildman–Crippen MR) is 117 cm³/mol. The number of furan rings is 1. The van der Waals surface area contributed by atoms with Crippen LogP contribution in [-0.4, -0.2) is 29.0 Å². The van der Waals surface area contributed by atoms with Crippen molar-refractivity contribution in [2.24, 2.45) is 0 Å². The second-order valence-corrected chi connectivity index (χ2v) is 8.94. The number of hydrogen-bond donors (Lipinski definition) is 0. The Morgan fingerprint density at radius 2 is 2.10 bits per heavy atom. The fraction of sp³-hybridized carbons (Fsp3) is 0.208. The van der Waals surface area contributed by atoms with Crippen LogP contribution in [0.2, 0.25) is 0 Å². The van der Waals surface area contributed by atoms with E-state index in [1.165, 1.54) is 18.0 Å². The van der Waals surface area contributed by atoms with Gasteiger partial charge in [-0.05, 0) is 42.8 Å². The van der Waals surface area contributed by atoms with Gasteiger partial charge in [0.15, 0.2) is 10.6 Å². The first-order valence-electron chi connectivity index (χ1n) is 9.96. The maximum Gasteiger partial charge on any atom is 0.291 e. The smallest absolute Gasteiger partial charge is 0.291 e. The molecule has 6 nitrogen and oxygen atoms in total. The lowest BCUT2D eigenvalue weighted by Gasteiger charge is -2.32. The molecule has 1 saturated heterocycles. The van der Waals surface area contributed by atoms with Gasteiger partial charge >= 0.3 is 0 Å². The lowest BCUT2D eigenvalue weighted by Crippen LogP contribution is -2.50. The number of anilines is 1. The van der Waals surface area contributed by atoms with E-state index < -0.39 is 4.87 Å². The van der Waals surface area contributed by atoms with Crippen molar-refractivity contribution in [1.82, 2.24) is 4.90 Å². The Morgan fingerprint density at radius 1 is 1.23 bits per heavy atom. The van der Waals surface area contributed by atoms with Crippen LogP contribution in [0.3, 0.4) is 0 Å². The van der Waals surface area contributed by atoms with Crippen molar-refractivity contribution in [1.29, 1.82) is 5.26 Å². The summed E-state index contributed by atoms with van der Waals surface area (Å²) < 4.78 is 5.35. The minimum atomic E-state index is -1.11. The topological polar surface area (TPSA) is 77.6 Å². The van der Waals surface area contributed by atoms with Crippen molar-refractivity contribution in [3.05, 3.63) is 88.9 Å². The number of aryl methyl sites for hydroxylation is 1. The van der Waals surface area contributed by atoms with Crippen LogP contribution in [0.1, 0.15) is 32.8 Å². The van der Waals surface area contributed by atoms with Gasteiger partial charge in [-0.2, -0.15) is 5.26 Å². The summed E-state index contributed by atoms with van der Waals surface area (Å²) in [4.78, 5) is 29.5. The fourth-order valence-corrected chi connectivity index (χ4v) is 5.79. The summed E-state index contributed by atoms with van der Waals surface area (Å²) in [5, 5.41) is 9.23. The van der Waals surface area contributed by atoms with Crippen LogP contribution in [0.5, 0.6) is 0 Å². The van der Waals surface area contributed by atoms with E-state index in [0.717, 1.165) is 22.4 Å². The number of amides is 2. The first-order valence-corrected chi connectivity index (χ1v) is 10.9. The van der Waals surface area contributed by atoms with E-state index >= 15 is 0 Å². The number of carbonyl (C=O) groups is 2. The number of nitrogens with zero attached hydrogens (tertiary/aromatic N) is 3. The normalized spacial score (nSPS) is 19.7. The Hall–Kier alpha value is -3.50. The third-order valence-corrected chi connectivity index (χ3v) is 7.14. The molecule has 0 aliphatic carbocycles. The third kappa shape index (κ3) is 2.94. The lowest BCUT2D eigenvalue weighted by molar-refractivity contribution is -0.123. The van der Waals surface area contributed by atoms with Crippen LogP contribution in [0.15, 0.2) is 65.3 Å². The molecular formula is C24H19N3O3S. The largest absolute Gasteiger partial charge is 0.459 e. The highest BCUT2D eigenvalue weighted by molar-refractivity contribution is 8.01. The fourth-order valence-electron chi connectivity index (χ4n) is 4.34. The molecule has 3 aromatic rings. The first kappa shape index (κ1) is 19.5. The van der Waals surface area contributed by atoms with E-state index in [9.17, 15) is 14.9 Å². The van der Waals surface area contributed by atoms with Gasteiger partial charge in [0, 0.05) is 17.9 Å². The standard InChI is InChI=1S/C24H19N3O3S/c1-16-7-8-20-19(12-16)24(27(9-11-31-24)22(28)21-6-3-10-30-21)23(29)26(20)15-18-5-2-4-17(13-18)14-25/h2-8,10,12-13H,9,11,15H2,1H3. The molecule has 154 valence electrons. The average Bonchev–Trinajstić information content (AvgIpc) is 3.51. The minimum Gasteiger partial charge on any atom is -0.459 e. The molecule has 3 heterocycles. The number of carbonyl (C=O) groups excluding carboxylic acids is 2. The predicted octanol–water partition coefficient (Wildman–Crippen LogP) is 4.05. The van der Waals surface area contributed by atoms with Crippen LogP contribution in [0.25, 0.3) is 0 Å². The van der Waals surface area contributed by atoms with E-state index in [1.807, 2.05) is 37.3 Å². The zero-order chi connectivity index (χ0) is 21.6. The molecule has 1 atom stereocenters. The summed E-state index contributed by atoms with van der Waals surface area (Å²) in [5.74, 6) is 0.453. The van der Waals surface area contributed by atoms with Crippen LogP contribution < -0.4 is 4.90 Å². The van der Waals surface area contributed by atoms with Gasteiger partial charge in [-0.25, -0.2) is 0 Å². The lowest BCUT2D eigenvalue weighted by atomic mass is 10.0. The van der Waals surface area contributed by atoms with Gasteiger partial charge in [0.1, 0.15) is 0 Å². The van der Waals surface area contributed by atoms with Crippen LogP contribution in [0.4, 0.5) is 5.69 Å². The second-order valence-electron chi connectivity index (χ2n) is 7.65. The summed E-state index contributed by atoms with van der Waals surface area (Å²) in [6, 6.07) is 18.6. The van der Waals surface area contributed by atoms with Crippen LogP contribution >= 0.6 is 11.8 Å². The summed E-state index contributed by atoms with van der Waals surface area (Å²) in [5.41, 5.74) is 4.06. The Bertz CT molecular complexity index is 1230. The van der Waals surface area contributed by atoms with Crippen molar-refractivity contribution >= 4 is 29.3 Å². The van der Waals surface area contributed by atoms with Gasteiger partial charge in [-0.3, -0.25) is 9.59 Å². The highest BCUT2D eigenvalue weighted by Gasteiger charge is 2.59. The minimum absolute atomic E-state index is 0.141. The molecule has 2 aromatic carbocycles. The van der Waals surface area contributed by atoms with Gasteiger partial charge in [-0.15, -0.1) is 11.8 Å². The molecule has 0 radical (unpaired) electrons. The molecule has 2 aliphatic heterocycles. The van der Waals surface area contributed by atoms with Crippen LogP contribution in [-0.2, 0) is 16.2 Å². The number of hydrogen-bond acceptors (Lipinski definition) is 5. The molecule has 1 spiro atoms. The Balaban J connectivity index is 1.60. The first-order chi connectivity index (χ1) is 15.0. The van der Waals surface area contributed by atoms with Crippen LogP contribution in [0, 0.1) is 18.3 Å². The van der Waals surface area contributed by atoms with Crippen molar-refractivity contribution < 1.29 is 14.0 Å². The van der Waals surface area contributed by atoms with E-state index in [-0.39, 0.29) is 17.6 Å². The molecule has 2 amide bonds. The monoisotopic (exact) mass is 429 g/mol. The van der Waals surface area contributed by atoms with Gasteiger partial charge in [0.05, 0.1) is 30.1 Å². The molecule has 0 N–H and O–H groups in total. The summed E-state index contributed by atoms with van der Waals surface area (Å²) >= 11 is 1.49. The number of rotatable bonds is 3. The number of benzene rings is 2. The highest BCUT2D eigenvalue weighted by atomic mass is 32.2. The molecule has 0 saturated carbocycles. The van der Waals surface area contributed by atoms with Crippen molar-refractivity contribution in [3.63, 3.8) is 0 Å². The third-order valence-electron chi connectivity index (χ3n) is 5.72. The van der Waals surface area contributed by atoms with Gasteiger partial charge in [0.2, 0.25) is 0 Å². The van der Waals surface area contributed by atoms with Gasteiger partial charge in [-0.1, -0.05) is 29.8 Å². The quantitative estimate of drug-likeness (QED) is 0.628. The molecular weight excluding hydrogens is 410 g/mol. The molecule has 1 aromatic heterocycles. The maximum atomic E-state index is 14.0. The van der Waals surface area contributed by atoms with E-state index in [2.05, 4.69) is 6.07 Å². The SMILES string of the molecule is Cc1ccc2c(c1)C1(SCCN1C(=O)c1ccco1)C(=O)N2Cc1cccc(C#N)c1. The Labute approximate surface area is 184 Å². The highest BCUT2D eigenvalue weighted by Crippen LogP contribution is 2.55. The Morgan fingerprint density at radius 3 is 2.87 bits per heavy atom. The molecule has 1 unspecified atom stereocenters. The molecule has 1 fully saturated rings. The molecule has 2 aliphatic rings. The zero-order valence-corrected chi connectivity index (χ0v) is 17.7. The molecule has 7 heteroatoms. The number of thioether (sulfide) groups is 1. The van der Waals surface area contributed by atoms with Gasteiger partial charge < -0.3 is 14.2 Å². The van der Waals surface area contributed by atoms with Crippen molar-refractivity contribution in [3.8, 4) is 6.07 Å². The molecule has 5 rings (SSSR count). The molecule has 31 heavy (non-hydrogen) atoms. The second kappa shape index (κ2) is 7.33. The summed E-state index contributed by atoms with van der Waals surface area (Å²) in [6.45, 7) is 2.77. The summed E-state index contributed by atoms with van der Waals surface area (Å²) in [6.07, 6.45) is 1.46. The maximum absolute atomic E-state index is 14.0. The van der Waals surface area contributed by atoms with Crippen molar-refractivity contribution in [2.45, 2.75) is 18.3 Å². The zero-order valence-electron chi connectivity index (χ0n) is 16.9. The molecule has 0 bridgehead atoms. The average molecular weight is 430 g/mol. The van der Waals surface area contributed by atoms with Crippen molar-refractivity contribution in [2.75, 3.05) is 17.2 Å².